The quantitative estimate of drug-likeness (QED) is 0.295. The second-order valence-corrected chi connectivity index (χ2v) is 7.61. The van der Waals surface area contributed by atoms with Crippen molar-refractivity contribution in [2.45, 2.75) is 0 Å². The molecule has 0 aliphatic carbocycles. The molecule has 0 unspecified atom stereocenters. The maximum Gasteiger partial charge on any atom is 0.276 e. The van der Waals surface area contributed by atoms with E-state index < -0.39 is 11.8 Å². The number of carbonyl (C=O) groups excluding carboxylic acids is 2. The Labute approximate surface area is 190 Å². The molecule has 0 aromatic heterocycles. The molecule has 0 aliphatic heterocycles. The predicted octanol–water partition coefficient (Wildman–Crippen LogP) is 3.33. The lowest BCUT2D eigenvalue weighted by molar-refractivity contribution is -0.123. The topological polar surface area (TPSA) is 88.7 Å². The third-order valence-corrected chi connectivity index (χ3v) is 4.68. The van der Waals surface area contributed by atoms with E-state index in [4.69, 9.17) is 21.7 Å². The minimum atomic E-state index is -0.471. The van der Waals surface area contributed by atoms with Crippen molar-refractivity contribution in [3.05, 3.63) is 63.0 Å². The predicted molar refractivity (Wildman–Crippen MR) is 121 cm³/mol. The molecule has 2 rings (SSSR count). The van der Waals surface area contributed by atoms with Crippen molar-refractivity contribution in [3.63, 3.8) is 0 Å². The number of benzene rings is 2. The van der Waals surface area contributed by atoms with Crippen LogP contribution in [0, 0.1) is 0 Å². The van der Waals surface area contributed by atoms with Crippen LogP contribution in [0.3, 0.4) is 0 Å². The molecule has 0 saturated carbocycles. The monoisotopic (exact) mass is 541 g/mol. The van der Waals surface area contributed by atoms with Crippen molar-refractivity contribution >= 4 is 67.1 Å². The summed E-state index contributed by atoms with van der Waals surface area (Å²) in [6, 6.07) is 12.6. The van der Waals surface area contributed by atoms with Crippen LogP contribution in [0.4, 0.5) is 0 Å². The summed E-state index contributed by atoms with van der Waals surface area (Å²) >= 11 is 11.6. The van der Waals surface area contributed by atoms with Gasteiger partial charge in [0, 0.05) is 16.1 Å². The Morgan fingerprint density at radius 2 is 1.86 bits per heavy atom. The largest absolute Gasteiger partial charge is 0.496 e. The molecular formula is C19H17Br2N3O4S. The molecule has 2 amide bonds. The van der Waals surface area contributed by atoms with Crippen LogP contribution in [-0.2, 0) is 9.59 Å². The second-order valence-electron chi connectivity index (χ2n) is 5.43. The zero-order valence-electron chi connectivity index (χ0n) is 15.2. The Hall–Kier alpha value is -2.43. The fraction of sp³-hybridized carbons (Fsp3) is 0.105. The molecule has 152 valence electrons. The number of hydrogen-bond donors (Lipinski definition) is 3. The van der Waals surface area contributed by atoms with Gasteiger partial charge in [-0.2, -0.15) is 0 Å². The average molecular weight is 543 g/mol. The van der Waals surface area contributed by atoms with Crippen molar-refractivity contribution in [3.8, 4) is 11.5 Å². The van der Waals surface area contributed by atoms with E-state index in [1.165, 1.54) is 6.08 Å². The highest BCUT2D eigenvalue weighted by atomic mass is 79.9. The molecule has 0 saturated heterocycles. The molecular weight excluding hydrogens is 526 g/mol. The number of thiocarbonyl (C=S) groups is 1. The van der Waals surface area contributed by atoms with E-state index in [1.807, 2.05) is 18.2 Å². The van der Waals surface area contributed by atoms with Gasteiger partial charge >= 0.3 is 0 Å². The fourth-order valence-corrected chi connectivity index (χ4v) is 3.37. The molecule has 2 aromatic rings. The molecule has 7 nitrogen and oxygen atoms in total. The number of rotatable bonds is 6. The van der Waals surface area contributed by atoms with Gasteiger partial charge in [-0.1, -0.05) is 34.1 Å². The van der Waals surface area contributed by atoms with Crippen LogP contribution in [-0.4, -0.2) is 30.6 Å². The van der Waals surface area contributed by atoms with E-state index >= 15 is 0 Å². The molecule has 0 atom stereocenters. The number of methoxy groups -OCH3 is 1. The van der Waals surface area contributed by atoms with Crippen LogP contribution in [0.15, 0.2) is 57.5 Å². The standard InChI is InChI=1S/C19H17Br2N3O4S/c1-27-15-5-3-2-4-12(15)6-9-17(25)22-19(29)24-23-18(26)11-28-16-8-7-13(20)10-14(16)21/h2-10H,11H2,1H3,(H,23,26)(H2,22,24,25,29). The zero-order valence-corrected chi connectivity index (χ0v) is 19.2. The van der Waals surface area contributed by atoms with E-state index in [1.54, 1.807) is 37.5 Å². The summed E-state index contributed by atoms with van der Waals surface area (Å²) in [5, 5.41) is 2.36. The summed E-state index contributed by atoms with van der Waals surface area (Å²) < 4.78 is 12.2. The van der Waals surface area contributed by atoms with Crippen LogP contribution in [0.5, 0.6) is 11.5 Å². The average Bonchev–Trinajstić information content (AvgIpc) is 2.70. The molecule has 3 N–H and O–H groups in total. The highest BCUT2D eigenvalue weighted by molar-refractivity contribution is 9.11. The van der Waals surface area contributed by atoms with E-state index in [-0.39, 0.29) is 11.7 Å². The first-order chi connectivity index (χ1) is 13.9. The van der Waals surface area contributed by atoms with Gasteiger partial charge in [0.1, 0.15) is 11.5 Å². The van der Waals surface area contributed by atoms with E-state index in [9.17, 15) is 9.59 Å². The molecule has 29 heavy (non-hydrogen) atoms. The lowest BCUT2D eigenvalue weighted by Crippen LogP contribution is -2.49. The lowest BCUT2D eigenvalue weighted by Gasteiger charge is -2.11. The van der Waals surface area contributed by atoms with Gasteiger partial charge in [0.2, 0.25) is 5.91 Å². The van der Waals surface area contributed by atoms with Gasteiger partial charge in [-0.05, 0) is 58.5 Å². The number of halogens is 2. The normalized spacial score (nSPS) is 10.3. The van der Waals surface area contributed by atoms with Crippen molar-refractivity contribution in [2.75, 3.05) is 13.7 Å². The Kier molecular flexibility index (Phi) is 9.10. The summed E-state index contributed by atoms with van der Waals surface area (Å²) in [4.78, 5) is 23.8. The van der Waals surface area contributed by atoms with Crippen molar-refractivity contribution in [2.24, 2.45) is 0 Å². The van der Waals surface area contributed by atoms with Gasteiger partial charge in [0.15, 0.2) is 11.7 Å². The molecule has 0 radical (unpaired) electrons. The number of carbonyl (C=O) groups is 2. The Bertz CT molecular complexity index is 937. The summed E-state index contributed by atoms with van der Waals surface area (Å²) in [6.07, 6.45) is 2.90. The van der Waals surface area contributed by atoms with Crippen molar-refractivity contribution in [1.29, 1.82) is 0 Å². The minimum absolute atomic E-state index is 0.0575. The molecule has 0 spiro atoms. The number of amides is 2. The lowest BCUT2D eigenvalue weighted by atomic mass is 10.2. The Morgan fingerprint density at radius 3 is 2.59 bits per heavy atom. The third-order valence-electron chi connectivity index (χ3n) is 3.36. The molecule has 2 aromatic carbocycles. The number of para-hydroxylation sites is 1. The second kappa shape index (κ2) is 11.5. The SMILES string of the molecule is COc1ccccc1C=CC(=O)NC(=S)NNC(=O)COc1ccc(Br)cc1Br. The molecule has 10 heteroatoms. The minimum Gasteiger partial charge on any atom is -0.496 e. The van der Waals surface area contributed by atoms with E-state index in [0.29, 0.717) is 16.0 Å². The van der Waals surface area contributed by atoms with Gasteiger partial charge in [-0.3, -0.25) is 25.8 Å². The van der Waals surface area contributed by atoms with E-state index in [2.05, 4.69) is 48.0 Å². The molecule has 0 aliphatic rings. The van der Waals surface area contributed by atoms with E-state index in [0.717, 1.165) is 10.0 Å². The Balaban J connectivity index is 1.75. The zero-order chi connectivity index (χ0) is 21.2. The maximum absolute atomic E-state index is 11.9. The first-order valence-electron chi connectivity index (χ1n) is 8.18. The summed E-state index contributed by atoms with van der Waals surface area (Å²) in [5.41, 5.74) is 5.52. The highest BCUT2D eigenvalue weighted by Gasteiger charge is 2.07. The van der Waals surface area contributed by atoms with Gasteiger partial charge in [0.25, 0.3) is 5.91 Å². The first-order valence-corrected chi connectivity index (χ1v) is 10.2. The Morgan fingerprint density at radius 1 is 1.10 bits per heavy atom. The third kappa shape index (κ3) is 7.84. The van der Waals surface area contributed by atoms with Gasteiger partial charge in [-0.25, -0.2) is 0 Å². The smallest absolute Gasteiger partial charge is 0.276 e. The number of hydrazine groups is 1. The molecule has 0 heterocycles. The van der Waals surface area contributed by atoms with Gasteiger partial charge < -0.3 is 9.47 Å². The highest BCUT2D eigenvalue weighted by Crippen LogP contribution is 2.28. The van der Waals surface area contributed by atoms with Crippen LogP contribution < -0.4 is 25.6 Å². The van der Waals surface area contributed by atoms with Crippen LogP contribution in [0.25, 0.3) is 6.08 Å². The van der Waals surface area contributed by atoms with Crippen LogP contribution in [0.1, 0.15) is 5.56 Å². The molecule has 0 fully saturated rings. The summed E-state index contributed by atoms with van der Waals surface area (Å²) in [6.45, 7) is -0.239. The van der Waals surface area contributed by atoms with Crippen LogP contribution in [0.2, 0.25) is 0 Å². The number of nitrogens with one attached hydrogen (secondary N) is 3. The number of ether oxygens (including phenoxy) is 2. The summed E-state index contributed by atoms with van der Waals surface area (Å²) in [7, 11) is 1.55. The summed E-state index contributed by atoms with van der Waals surface area (Å²) in [5.74, 6) is 0.223. The maximum atomic E-state index is 11.9. The fourth-order valence-electron chi connectivity index (χ4n) is 2.05. The van der Waals surface area contributed by atoms with Crippen molar-refractivity contribution in [1.82, 2.24) is 16.2 Å². The van der Waals surface area contributed by atoms with Crippen LogP contribution >= 0.6 is 44.1 Å². The van der Waals surface area contributed by atoms with Gasteiger partial charge in [-0.15, -0.1) is 0 Å². The van der Waals surface area contributed by atoms with Crippen molar-refractivity contribution < 1.29 is 19.1 Å². The number of hydrogen-bond acceptors (Lipinski definition) is 5. The first kappa shape index (κ1) is 22.9. The molecule has 0 bridgehead atoms. The van der Waals surface area contributed by atoms with Gasteiger partial charge in [0.05, 0.1) is 11.6 Å².